The van der Waals surface area contributed by atoms with Crippen LogP contribution in [0, 0.1) is 0 Å². The number of hydrogen-bond donors (Lipinski definition) is 0. The molecule has 0 N–H and O–H groups in total. The van der Waals surface area contributed by atoms with E-state index < -0.39 is 0 Å². The number of ether oxygens (including phenoxy) is 1. The van der Waals surface area contributed by atoms with Crippen molar-refractivity contribution in [2.24, 2.45) is 0 Å². The Hall–Kier alpha value is -2.18. The fourth-order valence-electron chi connectivity index (χ4n) is 1.82. The maximum Gasteiger partial charge on any atom is 0.257 e. The number of nitrogens with zero attached hydrogens (tertiary/aromatic N) is 6. The molecule has 0 radical (unpaired) electrons. The van der Waals surface area contributed by atoms with Crippen molar-refractivity contribution >= 4 is 5.82 Å². The van der Waals surface area contributed by atoms with Gasteiger partial charge in [-0.3, -0.25) is 0 Å². The van der Waals surface area contributed by atoms with Gasteiger partial charge in [-0.15, -0.1) is 10.2 Å². The molecule has 0 aliphatic rings. The van der Waals surface area contributed by atoms with Gasteiger partial charge in [0.05, 0.1) is 13.7 Å². The first-order valence-electron chi connectivity index (χ1n) is 6.08. The first kappa shape index (κ1) is 13.3. The lowest BCUT2D eigenvalue weighted by Crippen LogP contribution is -2.22. The number of rotatable bonds is 5. The van der Waals surface area contributed by atoms with Crippen molar-refractivity contribution in [2.45, 2.75) is 26.4 Å². The largest absolute Gasteiger partial charge is 0.478 e. The standard InChI is InChI=1S/C12H18N6O/c1-9(2)18-8-15-16-10(18)7-17(3)11-12(19-4)14-6-5-13-11/h5-6,8-9H,7H2,1-4H3. The molecule has 0 saturated heterocycles. The van der Waals surface area contributed by atoms with E-state index in [4.69, 9.17) is 4.74 Å². The van der Waals surface area contributed by atoms with Crippen molar-refractivity contribution in [3.05, 3.63) is 24.5 Å². The Morgan fingerprint density at radius 2 is 2.05 bits per heavy atom. The third-order valence-corrected chi connectivity index (χ3v) is 2.78. The Morgan fingerprint density at radius 3 is 2.74 bits per heavy atom. The minimum absolute atomic E-state index is 0.321. The van der Waals surface area contributed by atoms with E-state index in [-0.39, 0.29) is 0 Å². The van der Waals surface area contributed by atoms with Gasteiger partial charge in [-0.05, 0) is 13.8 Å². The maximum atomic E-state index is 5.21. The van der Waals surface area contributed by atoms with Gasteiger partial charge in [-0.1, -0.05) is 0 Å². The highest BCUT2D eigenvalue weighted by Gasteiger charge is 2.15. The first-order valence-corrected chi connectivity index (χ1v) is 6.08. The van der Waals surface area contributed by atoms with Crippen LogP contribution < -0.4 is 9.64 Å². The summed E-state index contributed by atoms with van der Waals surface area (Å²) in [6, 6.07) is 0.321. The molecule has 2 aromatic heterocycles. The molecule has 0 aliphatic carbocycles. The minimum Gasteiger partial charge on any atom is -0.478 e. The average Bonchev–Trinajstić information content (AvgIpc) is 2.87. The summed E-state index contributed by atoms with van der Waals surface area (Å²) >= 11 is 0. The molecule has 0 bridgehead atoms. The minimum atomic E-state index is 0.321. The summed E-state index contributed by atoms with van der Waals surface area (Å²) < 4.78 is 7.23. The summed E-state index contributed by atoms with van der Waals surface area (Å²) in [5, 5.41) is 8.09. The van der Waals surface area contributed by atoms with Crippen LogP contribution in [0.2, 0.25) is 0 Å². The van der Waals surface area contributed by atoms with Crippen LogP contribution in [-0.2, 0) is 6.54 Å². The monoisotopic (exact) mass is 262 g/mol. The van der Waals surface area contributed by atoms with Crippen LogP contribution in [0.15, 0.2) is 18.7 Å². The Balaban J connectivity index is 2.21. The van der Waals surface area contributed by atoms with Crippen molar-refractivity contribution in [2.75, 3.05) is 19.1 Å². The van der Waals surface area contributed by atoms with E-state index in [1.807, 2.05) is 16.5 Å². The second kappa shape index (κ2) is 5.64. The molecule has 0 unspecified atom stereocenters. The second-order valence-electron chi connectivity index (χ2n) is 4.49. The molecule has 2 heterocycles. The van der Waals surface area contributed by atoms with Gasteiger partial charge < -0.3 is 14.2 Å². The topological polar surface area (TPSA) is 69.0 Å². The van der Waals surface area contributed by atoms with Crippen molar-refractivity contribution < 1.29 is 4.74 Å². The molecule has 0 spiro atoms. The van der Waals surface area contributed by atoms with Gasteiger partial charge in [0.1, 0.15) is 6.33 Å². The van der Waals surface area contributed by atoms with Gasteiger partial charge in [-0.25, -0.2) is 9.97 Å². The Morgan fingerprint density at radius 1 is 1.32 bits per heavy atom. The highest BCUT2D eigenvalue weighted by Crippen LogP contribution is 2.22. The molecule has 19 heavy (non-hydrogen) atoms. The van der Waals surface area contributed by atoms with Gasteiger partial charge in [0.15, 0.2) is 11.6 Å². The molecule has 0 fully saturated rings. The molecular weight excluding hydrogens is 244 g/mol. The van der Waals surface area contributed by atoms with E-state index in [2.05, 4.69) is 34.0 Å². The van der Waals surface area contributed by atoms with E-state index in [1.165, 1.54) is 0 Å². The molecule has 7 nitrogen and oxygen atoms in total. The first-order chi connectivity index (χ1) is 9.13. The smallest absolute Gasteiger partial charge is 0.257 e. The van der Waals surface area contributed by atoms with Crippen LogP contribution in [0.25, 0.3) is 0 Å². The van der Waals surface area contributed by atoms with Crippen LogP contribution in [0.1, 0.15) is 25.7 Å². The molecule has 0 aliphatic heterocycles. The fraction of sp³-hybridized carbons (Fsp3) is 0.500. The molecule has 0 aromatic carbocycles. The number of methoxy groups -OCH3 is 1. The van der Waals surface area contributed by atoms with Crippen LogP contribution in [0.5, 0.6) is 5.88 Å². The lowest BCUT2D eigenvalue weighted by Gasteiger charge is -2.20. The second-order valence-corrected chi connectivity index (χ2v) is 4.49. The van der Waals surface area contributed by atoms with Crippen LogP contribution >= 0.6 is 0 Å². The van der Waals surface area contributed by atoms with E-state index in [1.54, 1.807) is 25.8 Å². The maximum absolute atomic E-state index is 5.21. The lowest BCUT2D eigenvalue weighted by atomic mass is 10.3. The highest BCUT2D eigenvalue weighted by molar-refractivity contribution is 5.46. The molecule has 102 valence electrons. The Bertz CT molecular complexity index is 539. The zero-order valence-electron chi connectivity index (χ0n) is 11.6. The number of hydrogen-bond acceptors (Lipinski definition) is 6. The summed E-state index contributed by atoms with van der Waals surface area (Å²) in [6.07, 6.45) is 4.98. The predicted octanol–water partition coefficient (Wildman–Crippen LogP) is 1.29. The van der Waals surface area contributed by atoms with Crippen LogP contribution in [0.4, 0.5) is 5.82 Å². The summed E-state index contributed by atoms with van der Waals surface area (Å²) in [5.41, 5.74) is 0. The normalized spacial score (nSPS) is 10.8. The van der Waals surface area contributed by atoms with Crippen molar-refractivity contribution in [3.8, 4) is 5.88 Å². The Labute approximate surface area is 112 Å². The third-order valence-electron chi connectivity index (χ3n) is 2.78. The zero-order valence-corrected chi connectivity index (χ0v) is 11.6. The summed E-state index contributed by atoms with van der Waals surface area (Å²) in [4.78, 5) is 10.4. The van der Waals surface area contributed by atoms with Gasteiger partial charge in [-0.2, -0.15) is 0 Å². The average molecular weight is 262 g/mol. The summed E-state index contributed by atoms with van der Waals surface area (Å²) in [6.45, 7) is 4.78. The van der Waals surface area contributed by atoms with E-state index in [0.717, 1.165) is 5.82 Å². The van der Waals surface area contributed by atoms with E-state index in [9.17, 15) is 0 Å². The molecule has 2 aromatic rings. The Kier molecular flexibility index (Phi) is 3.94. The van der Waals surface area contributed by atoms with Crippen LogP contribution in [-0.4, -0.2) is 38.9 Å². The zero-order chi connectivity index (χ0) is 13.8. The molecular formula is C12H18N6O. The summed E-state index contributed by atoms with van der Waals surface area (Å²) in [7, 11) is 3.50. The molecule has 0 saturated carbocycles. The molecule has 2 rings (SSSR count). The highest BCUT2D eigenvalue weighted by atomic mass is 16.5. The van der Waals surface area contributed by atoms with Crippen LogP contribution in [0.3, 0.4) is 0 Å². The molecule has 7 heteroatoms. The number of anilines is 1. The van der Waals surface area contributed by atoms with E-state index in [0.29, 0.717) is 24.3 Å². The molecule has 0 atom stereocenters. The van der Waals surface area contributed by atoms with Gasteiger partial charge in [0.25, 0.3) is 5.88 Å². The third kappa shape index (κ3) is 2.81. The van der Waals surface area contributed by atoms with Crippen molar-refractivity contribution in [3.63, 3.8) is 0 Å². The predicted molar refractivity (Wildman–Crippen MR) is 71.1 cm³/mol. The lowest BCUT2D eigenvalue weighted by molar-refractivity contribution is 0.395. The van der Waals surface area contributed by atoms with Gasteiger partial charge in [0, 0.05) is 25.5 Å². The quantitative estimate of drug-likeness (QED) is 0.809. The molecule has 0 amide bonds. The van der Waals surface area contributed by atoms with Crippen molar-refractivity contribution in [1.82, 2.24) is 24.7 Å². The van der Waals surface area contributed by atoms with Gasteiger partial charge in [0.2, 0.25) is 0 Å². The summed E-state index contributed by atoms with van der Waals surface area (Å²) in [5.74, 6) is 2.06. The van der Waals surface area contributed by atoms with Gasteiger partial charge >= 0.3 is 0 Å². The SMILES string of the molecule is COc1nccnc1N(C)Cc1nncn1C(C)C. The number of aromatic nitrogens is 5. The fourth-order valence-corrected chi connectivity index (χ4v) is 1.82. The van der Waals surface area contributed by atoms with E-state index >= 15 is 0 Å². The van der Waals surface area contributed by atoms with Crippen molar-refractivity contribution in [1.29, 1.82) is 0 Å².